The Morgan fingerprint density at radius 3 is 2.15 bits per heavy atom. The SMILES string of the molecule is CC(C)(C)c1ccc(C(=O)c2ccc(F)cc2N)cc1. The highest BCUT2D eigenvalue weighted by Crippen LogP contribution is 2.24. The minimum Gasteiger partial charge on any atom is -0.398 e. The highest BCUT2D eigenvalue weighted by atomic mass is 19.1. The molecule has 0 atom stereocenters. The first-order valence-electron chi connectivity index (χ1n) is 6.49. The zero-order valence-corrected chi connectivity index (χ0v) is 11.9. The van der Waals surface area contributed by atoms with Crippen molar-refractivity contribution in [3.05, 3.63) is 65.0 Å². The van der Waals surface area contributed by atoms with Crippen molar-refractivity contribution in [2.45, 2.75) is 26.2 Å². The van der Waals surface area contributed by atoms with Crippen molar-refractivity contribution in [2.75, 3.05) is 5.73 Å². The van der Waals surface area contributed by atoms with Crippen LogP contribution in [0.25, 0.3) is 0 Å². The van der Waals surface area contributed by atoms with Gasteiger partial charge in [0.05, 0.1) is 0 Å². The van der Waals surface area contributed by atoms with Gasteiger partial charge in [-0.05, 0) is 29.2 Å². The van der Waals surface area contributed by atoms with E-state index in [1.807, 2.05) is 12.1 Å². The first kappa shape index (κ1) is 14.3. The van der Waals surface area contributed by atoms with E-state index in [9.17, 15) is 9.18 Å². The fourth-order valence-corrected chi connectivity index (χ4v) is 2.02. The van der Waals surface area contributed by atoms with Crippen molar-refractivity contribution in [1.29, 1.82) is 0 Å². The van der Waals surface area contributed by atoms with E-state index in [0.717, 1.165) is 11.6 Å². The Morgan fingerprint density at radius 2 is 1.65 bits per heavy atom. The lowest BCUT2D eigenvalue weighted by molar-refractivity contribution is 0.103. The molecule has 0 aromatic heterocycles. The number of rotatable bonds is 2. The van der Waals surface area contributed by atoms with Gasteiger partial charge in [-0.25, -0.2) is 4.39 Å². The van der Waals surface area contributed by atoms with Gasteiger partial charge in [0.15, 0.2) is 5.78 Å². The van der Waals surface area contributed by atoms with Crippen LogP contribution in [0.1, 0.15) is 42.3 Å². The van der Waals surface area contributed by atoms with Crippen LogP contribution in [0.5, 0.6) is 0 Å². The molecule has 2 N–H and O–H groups in total. The highest BCUT2D eigenvalue weighted by molar-refractivity contribution is 6.12. The van der Waals surface area contributed by atoms with Crippen LogP contribution in [0.2, 0.25) is 0 Å². The summed E-state index contributed by atoms with van der Waals surface area (Å²) in [6.45, 7) is 6.34. The minimum atomic E-state index is -0.442. The summed E-state index contributed by atoms with van der Waals surface area (Å²) >= 11 is 0. The minimum absolute atomic E-state index is 0.0382. The molecule has 0 saturated carbocycles. The van der Waals surface area contributed by atoms with E-state index in [-0.39, 0.29) is 16.9 Å². The Hall–Kier alpha value is -2.16. The molecular weight excluding hydrogens is 253 g/mol. The van der Waals surface area contributed by atoms with E-state index in [0.29, 0.717) is 11.1 Å². The fraction of sp³-hybridized carbons (Fsp3) is 0.235. The van der Waals surface area contributed by atoms with Gasteiger partial charge in [0, 0.05) is 16.8 Å². The standard InChI is InChI=1S/C17H18FNO/c1-17(2,3)12-6-4-11(5-7-12)16(20)14-9-8-13(18)10-15(14)19/h4-10H,19H2,1-3H3. The number of ketones is 1. The van der Waals surface area contributed by atoms with Crippen LogP contribution in [0.15, 0.2) is 42.5 Å². The second kappa shape index (κ2) is 5.08. The first-order valence-corrected chi connectivity index (χ1v) is 6.49. The highest BCUT2D eigenvalue weighted by Gasteiger charge is 2.16. The number of halogens is 1. The molecule has 2 rings (SSSR count). The molecule has 0 amide bonds. The molecule has 2 aromatic rings. The number of nitrogens with two attached hydrogens (primary N) is 1. The van der Waals surface area contributed by atoms with Crippen molar-refractivity contribution in [3.8, 4) is 0 Å². The number of hydrogen-bond acceptors (Lipinski definition) is 2. The summed E-state index contributed by atoms with van der Waals surface area (Å²) in [5.41, 5.74) is 7.93. The molecule has 0 bridgehead atoms. The van der Waals surface area contributed by atoms with Gasteiger partial charge < -0.3 is 5.73 Å². The lowest BCUT2D eigenvalue weighted by Crippen LogP contribution is -2.12. The van der Waals surface area contributed by atoms with Crippen LogP contribution in [-0.2, 0) is 5.41 Å². The third-order valence-corrected chi connectivity index (χ3v) is 3.27. The molecule has 104 valence electrons. The zero-order chi connectivity index (χ0) is 14.9. The van der Waals surface area contributed by atoms with Gasteiger partial charge in [0.25, 0.3) is 0 Å². The van der Waals surface area contributed by atoms with Crippen LogP contribution in [0.3, 0.4) is 0 Å². The third-order valence-electron chi connectivity index (χ3n) is 3.27. The molecular formula is C17H18FNO. The molecule has 0 radical (unpaired) electrons. The average molecular weight is 271 g/mol. The fourth-order valence-electron chi connectivity index (χ4n) is 2.02. The molecule has 20 heavy (non-hydrogen) atoms. The molecule has 0 saturated heterocycles. The smallest absolute Gasteiger partial charge is 0.195 e. The predicted molar refractivity (Wildman–Crippen MR) is 79.4 cm³/mol. The molecule has 0 aliphatic rings. The summed E-state index contributed by atoms with van der Waals surface area (Å²) < 4.78 is 13.0. The topological polar surface area (TPSA) is 43.1 Å². The molecule has 2 aromatic carbocycles. The van der Waals surface area contributed by atoms with E-state index < -0.39 is 5.82 Å². The molecule has 0 aliphatic carbocycles. The maximum Gasteiger partial charge on any atom is 0.195 e. The Labute approximate surface area is 118 Å². The van der Waals surface area contributed by atoms with Crippen LogP contribution in [0.4, 0.5) is 10.1 Å². The lowest BCUT2D eigenvalue weighted by atomic mass is 9.86. The third kappa shape index (κ3) is 2.87. The van der Waals surface area contributed by atoms with Gasteiger partial charge in [-0.3, -0.25) is 4.79 Å². The average Bonchev–Trinajstić information content (AvgIpc) is 2.37. The Morgan fingerprint density at radius 1 is 1.05 bits per heavy atom. The molecule has 0 heterocycles. The summed E-state index contributed by atoms with van der Waals surface area (Å²) in [5, 5.41) is 0. The number of hydrogen-bond donors (Lipinski definition) is 1. The van der Waals surface area contributed by atoms with Gasteiger partial charge in [-0.1, -0.05) is 45.0 Å². The predicted octanol–water partition coefficient (Wildman–Crippen LogP) is 3.94. The number of anilines is 1. The summed E-state index contributed by atoms with van der Waals surface area (Å²) in [5.74, 6) is -0.634. The van der Waals surface area contributed by atoms with E-state index in [1.165, 1.54) is 12.1 Å². The normalized spacial score (nSPS) is 11.4. The maximum atomic E-state index is 13.0. The molecule has 3 heteroatoms. The summed E-state index contributed by atoms with van der Waals surface area (Å²) in [7, 11) is 0. The van der Waals surface area contributed by atoms with E-state index in [4.69, 9.17) is 5.73 Å². The molecule has 0 unspecified atom stereocenters. The molecule has 0 fully saturated rings. The number of benzene rings is 2. The van der Waals surface area contributed by atoms with E-state index >= 15 is 0 Å². The van der Waals surface area contributed by atoms with Gasteiger partial charge in [-0.2, -0.15) is 0 Å². The van der Waals surface area contributed by atoms with Crippen LogP contribution < -0.4 is 5.73 Å². The maximum absolute atomic E-state index is 13.0. The second-order valence-corrected chi connectivity index (χ2v) is 5.89. The molecule has 0 spiro atoms. The molecule has 2 nitrogen and oxygen atoms in total. The van der Waals surface area contributed by atoms with Crippen LogP contribution in [-0.4, -0.2) is 5.78 Å². The van der Waals surface area contributed by atoms with E-state index in [2.05, 4.69) is 20.8 Å². The lowest BCUT2D eigenvalue weighted by Gasteiger charge is -2.19. The van der Waals surface area contributed by atoms with Crippen molar-refractivity contribution < 1.29 is 9.18 Å². The molecule has 0 aliphatic heterocycles. The van der Waals surface area contributed by atoms with E-state index in [1.54, 1.807) is 12.1 Å². The van der Waals surface area contributed by atoms with Gasteiger partial charge in [-0.15, -0.1) is 0 Å². The van der Waals surface area contributed by atoms with Crippen molar-refractivity contribution >= 4 is 11.5 Å². The Balaban J connectivity index is 2.34. The number of carbonyl (C=O) groups is 1. The van der Waals surface area contributed by atoms with Crippen molar-refractivity contribution in [1.82, 2.24) is 0 Å². The van der Waals surface area contributed by atoms with Gasteiger partial charge in [0.1, 0.15) is 5.82 Å². The summed E-state index contributed by atoms with van der Waals surface area (Å²) in [4.78, 5) is 12.3. The zero-order valence-electron chi connectivity index (χ0n) is 11.9. The Bertz CT molecular complexity index is 639. The second-order valence-electron chi connectivity index (χ2n) is 5.89. The monoisotopic (exact) mass is 271 g/mol. The van der Waals surface area contributed by atoms with Crippen molar-refractivity contribution in [3.63, 3.8) is 0 Å². The summed E-state index contributed by atoms with van der Waals surface area (Å²) in [6.07, 6.45) is 0. The number of carbonyl (C=O) groups excluding carboxylic acids is 1. The largest absolute Gasteiger partial charge is 0.398 e. The van der Waals surface area contributed by atoms with Gasteiger partial charge in [0.2, 0.25) is 0 Å². The number of nitrogen functional groups attached to an aromatic ring is 1. The van der Waals surface area contributed by atoms with Crippen molar-refractivity contribution in [2.24, 2.45) is 0 Å². The first-order chi connectivity index (χ1) is 9.29. The quantitative estimate of drug-likeness (QED) is 0.664. The summed E-state index contributed by atoms with van der Waals surface area (Å²) in [6, 6.07) is 11.3. The van der Waals surface area contributed by atoms with Gasteiger partial charge >= 0.3 is 0 Å². The Kier molecular flexibility index (Phi) is 3.62. The van der Waals surface area contributed by atoms with Crippen LogP contribution >= 0.6 is 0 Å². The van der Waals surface area contributed by atoms with Crippen LogP contribution in [0, 0.1) is 5.82 Å².